The standard InChI is InChI=1S/C70H53N/c1-67(2)54-27-15-10-22-46(54)50-36-33-44(39-60(50)67)71(45-34-37-51-47-23-11-16-28-55(47)68(3,4)61(51)40-45)66-64-53-35-32-43(42-20-8-7-9-21-42)38-59(53)69(5,6)62(64)41-63-65(66)52-26-14-19-31-58(52)70(63)56-29-17-12-24-48(56)49-25-13-18-30-57(49)70/h7-41H,1-6H3. The van der Waals surface area contributed by atoms with Crippen molar-refractivity contribution < 1.29 is 0 Å². The molecule has 5 aliphatic rings. The third-order valence-electron chi connectivity index (χ3n) is 17.9. The van der Waals surface area contributed by atoms with E-state index < -0.39 is 5.41 Å². The first-order valence-corrected chi connectivity index (χ1v) is 25.5. The van der Waals surface area contributed by atoms with Crippen molar-refractivity contribution in [1.82, 2.24) is 0 Å². The quantitative estimate of drug-likeness (QED) is 0.170. The van der Waals surface area contributed by atoms with Crippen LogP contribution in [0.2, 0.25) is 0 Å². The molecule has 5 aliphatic carbocycles. The lowest BCUT2D eigenvalue weighted by atomic mass is 9.69. The predicted octanol–water partition coefficient (Wildman–Crippen LogP) is 18.1. The van der Waals surface area contributed by atoms with E-state index in [0.29, 0.717) is 0 Å². The van der Waals surface area contributed by atoms with Crippen molar-refractivity contribution in [1.29, 1.82) is 0 Å². The molecular formula is C70H53N. The van der Waals surface area contributed by atoms with E-state index in [9.17, 15) is 0 Å². The molecule has 0 atom stereocenters. The largest absolute Gasteiger partial charge is 0.309 e. The molecule has 0 aromatic heterocycles. The van der Waals surface area contributed by atoms with E-state index in [-0.39, 0.29) is 16.2 Å². The number of rotatable bonds is 4. The van der Waals surface area contributed by atoms with Crippen molar-refractivity contribution in [2.45, 2.75) is 63.2 Å². The molecule has 0 bridgehead atoms. The van der Waals surface area contributed by atoms with Crippen LogP contribution in [0.5, 0.6) is 0 Å². The van der Waals surface area contributed by atoms with Crippen molar-refractivity contribution in [3.05, 3.63) is 268 Å². The van der Waals surface area contributed by atoms with Crippen LogP contribution in [0.15, 0.2) is 212 Å². The molecule has 0 amide bonds. The van der Waals surface area contributed by atoms with E-state index >= 15 is 0 Å². The van der Waals surface area contributed by atoms with Crippen molar-refractivity contribution in [3.8, 4) is 66.8 Å². The lowest BCUT2D eigenvalue weighted by molar-refractivity contribution is 0.657. The summed E-state index contributed by atoms with van der Waals surface area (Å²) >= 11 is 0. The number of nitrogens with zero attached hydrogens (tertiary/aromatic N) is 1. The Bertz CT molecular complexity index is 3820. The molecule has 0 fully saturated rings. The van der Waals surface area contributed by atoms with Gasteiger partial charge >= 0.3 is 0 Å². The number of hydrogen-bond donors (Lipinski definition) is 0. The maximum Gasteiger partial charge on any atom is 0.0726 e. The maximum absolute atomic E-state index is 2.70. The van der Waals surface area contributed by atoms with E-state index in [1.165, 1.54) is 139 Å². The van der Waals surface area contributed by atoms with Crippen molar-refractivity contribution >= 4 is 17.1 Å². The summed E-state index contributed by atoms with van der Waals surface area (Å²) in [7, 11) is 0. The van der Waals surface area contributed by atoms with Crippen LogP contribution in [0.25, 0.3) is 66.8 Å². The lowest BCUT2D eigenvalue weighted by Crippen LogP contribution is -2.27. The van der Waals surface area contributed by atoms with Gasteiger partial charge in [0.05, 0.1) is 11.1 Å². The van der Waals surface area contributed by atoms with Crippen LogP contribution in [-0.2, 0) is 21.7 Å². The maximum atomic E-state index is 2.70. The first kappa shape index (κ1) is 40.8. The highest BCUT2D eigenvalue weighted by Crippen LogP contribution is 2.69. The average molecular weight is 908 g/mol. The molecule has 1 nitrogen and oxygen atoms in total. The SMILES string of the molecule is CC1(C)c2ccccc2-c2ccc(N(c3ccc4c(c3)C(C)(C)c3ccccc3-4)c3c4c(cc5c3-c3ccccc3C53c5ccccc5-c5ccccc53)C(C)(C)c3cc(-c5ccccc5)ccc3-4)cc21. The third-order valence-corrected chi connectivity index (χ3v) is 17.9. The van der Waals surface area contributed by atoms with Gasteiger partial charge in [-0.25, -0.2) is 0 Å². The molecule has 10 aromatic carbocycles. The molecule has 0 radical (unpaired) electrons. The Balaban J connectivity index is 1.11. The highest BCUT2D eigenvalue weighted by Gasteiger charge is 2.55. The van der Waals surface area contributed by atoms with Gasteiger partial charge in [-0.15, -0.1) is 0 Å². The van der Waals surface area contributed by atoms with Gasteiger partial charge in [-0.3, -0.25) is 0 Å². The summed E-state index contributed by atoms with van der Waals surface area (Å²) in [6, 6.07) is 81.6. The minimum absolute atomic E-state index is 0.188. The van der Waals surface area contributed by atoms with Crippen LogP contribution in [0.1, 0.15) is 97.2 Å². The summed E-state index contributed by atoms with van der Waals surface area (Å²) in [6.07, 6.45) is 0. The fourth-order valence-corrected chi connectivity index (χ4v) is 14.5. The summed E-state index contributed by atoms with van der Waals surface area (Å²) in [6.45, 7) is 14.6. The first-order chi connectivity index (χ1) is 34.5. The third kappa shape index (κ3) is 5.06. The molecule has 0 saturated carbocycles. The molecule has 0 saturated heterocycles. The summed E-state index contributed by atoms with van der Waals surface area (Å²) in [4.78, 5) is 2.70. The molecular weight excluding hydrogens is 855 g/mol. The molecule has 0 N–H and O–H groups in total. The highest BCUT2D eigenvalue weighted by atomic mass is 15.2. The van der Waals surface area contributed by atoms with Gasteiger partial charge in [0.1, 0.15) is 0 Å². The van der Waals surface area contributed by atoms with Crippen LogP contribution in [0.4, 0.5) is 17.1 Å². The number of anilines is 3. The molecule has 15 rings (SSSR count). The van der Waals surface area contributed by atoms with E-state index in [2.05, 4.69) is 259 Å². The zero-order valence-corrected chi connectivity index (χ0v) is 41.2. The van der Waals surface area contributed by atoms with Crippen LogP contribution < -0.4 is 4.90 Å². The van der Waals surface area contributed by atoms with Gasteiger partial charge in [-0.1, -0.05) is 224 Å². The van der Waals surface area contributed by atoms with Crippen molar-refractivity contribution in [2.24, 2.45) is 0 Å². The Labute approximate surface area is 417 Å². The Morgan fingerprint density at radius 3 is 1.15 bits per heavy atom. The number of fused-ring (bicyclic) bond motifs is 19. The van der Waals surface area contributed by atoms with Crippen LogP contribution >= 0.6 is 0 Å². The summed E-state index contributed by atoms with van der Waals surface area (Å²) < 4.78 is 0. The summed E-state index contributed by atoms with van der Waals surface area (Å²) in [5, 5.41) is 0. The Morgan fingerprint density at radius 1 is 0.254 bits per heavy atom. The molecule has 1 spiro atoms. The van der Waals surface area contributed by atoms with Crippen LogP contribution in [0, 0.1) is 0 Å². The second kappa shape index (κ2) is 13.9. The van der Waals surface area contributed by atoms with E-state index in [1.54, 1.807) is 0 Å². The predicted molar refractivity (Wildman–Crippen MR) is 296 cm³/mol. The zero-order chi connectivity index (χ0) is 47.8. The molecule has 0 unspecified atom stereocenters. The molecule has 10 aromatic rings. The zero-order valence-electron chi connectivity index (χ0n) is 41.2. The molecule has 1 heteroatoms. The number of benzene rings is 10. The smallest absolute Gasteiger partial charge is 0.0726 e. The van der Waals surface area contributed by atoms with Gasteiger partial charge in [0, 0.05) is 38.7 Å². The average Bonchev–Trinajstić information content (AvgIpc) is 4.09. The van der Waals surface area contributed by atoms with Gasteiger partial charge in [0.2, 0.25) is 0 Å². The van der Waals surface area contributed by atoms with Crippen LogP contribution in [-0.4, -0.2) is 0 Å². The van der Waals surface area contributed by atoms with E-state index in [1.807, 2.05) is 0 Å². The first-order valence-electron chi connectivity index (χ1n) is 25.5. The topological polar surface area (TPSA) is 3.24 Å². The monoisotopic (exact) mass is 907 g/mol. The summed E-state index contributed by atoms with van der Waals surface area (Å²) in [5.74, 6) is 0. The lowest BCUT2D eigenvalue weighted by Gasteiger charge is -2.35. The Morgan fingerprint density at radius 2 is 0.620 bits per heavy atom. The second-order valence-corrected chi connectivity index (χ2v) is 22.3. The molecule has 0 aliphatic heterocycles. The second-order valence-electron chi connectivity index (χ2n) is 22.3. The Kier molecular flexibility index (Phi) is 7.98. The number of hydrogen-bond acceptors (Lipinski definition) is 1. The van der Waals surface area contributed by atoms with Crippen molar-refractivity contribution in [2.75, 3.05) is 4.90 Å². The van der Waals surface area contributed by atoms with Crippen molar-refractivity contribution in [3.63, 3.8) is 0 Å². The fraction of sp³-hybridized carbons (Fsp3) is 0.143. The van der Waals surface area contributed by atoms with Gasteiger partial charge in [-0.05, 0) is 142 Å². The van der Waals surface area contributed by atoms with Crippen LogP contribution in [0.3, 0.4) is 0 Å². The fourth-order valence-electron chi connectivity index (χ4n) is 14.5. The summed E-state index contributed by atoms with van der Waals surface area (Å²) in [5.41, 5.74) is 31.7. The minimum Gasteiger partial charge on any atom is -0.309 e. The molecule has 0 heterocycles. The van der Waals surface area contributed by atoms with E-state index in [0.717, 1.165) is 0 Å². The van der Waals surface area contributed by atoms with Gasteiger partial charge < -0.3 is 4.90 Å². The highest BCUT2D eigenvalue weighted by molar-refractivity contribution is 6.09. The molecule has 338 valence electrons. The minimum atomic E-state index is -0.530. The van der Waals surface area contributed by atoms with E-state index in [4.69, 9.17) is 0 Å². The molecule has 71 heavy (non-hydrogen) atoms. The normalized spacial score (nSPS) is 16.2. The van der Waals surface area contributed by atoms with Gasteiger partial charge in [0.15, 0.2) is 0 Å². The van der Waals surface area contributed by atoms with Gasteiger partial charge in [-0.2, -0.15) is 0 Å². The van der Waals surface area contributed by atoms with Gasteiger partial charge in [0.25, 0.3) is 0 Å². The Hall–Kier alpha value is -8.00.